The second kappa shape index (κ2) is 9.50. The predicted octanol–water partition coefficient (Wildman–Crippen LogP) is 4.75. The van der Waals surface area contributed by atoms with E-state index in [9.17, 15) is 14.3 Å². The van der Waals surface area contributed by atoms with Crippen LogP contribution in [0.4, 0.5) is 10.1 Å². The van der Waals surface area contributed by atoms with Gasteiger partial charge in [-0.2, -0.15) is 0 Å². The van der Waals surface area contributed by atoms with Crippen LogP contribution in [0.3, 0.4) is 0 Å². The molecule has 1 fully saturated rings. The number of halogens is 1. The topological polar surface area (TPSA) is 67.6 Å². The quantitative estimate of drug-likeness (QED) is 0.421. The average molecular weight is 474 g/mol. The van der Waals surface area contributed by atoms with E-state index in [1.807, 2.05) is 60.9 Å². The number of aliphatic hydroxyl groups excluding tert-OH is 1. The molecular weight excluding hydrogens is 445 g/mol. The van der Waals surface area contributed by atoms with Crippen LogP contribution in [0.2, 0.25) is 0 Å². The second-order valence-electron chi connectivity index (χ2n) is 9.11. The van der Waals surface area contributed by atoms with Crippen molar-refractivity contribution in [1.29, 1.82) is 0 Å². The molecule has 35 heavy (non-hydrogen) atoms. The lowest BCUT2D eigenvalue weighted by atomic mass is 10.1. The van der Waals surface area contributed by atoms with Crippen LogP contribution < -0.4 is 9.64 Å². The van der Waals surface area contributed by atoms with Gasteiger partial charge < -0.3 is 19.3 Å². The summed E-state index contributed by atoms with van der Waals surface area (Å²) >= 11 is 0. The van der Waals surface area contributed by atoms with Gasteiger partial charge in [0.1, 0.15) is 30.1 Å². The molecule has 1 saturated heterocycles. The van der Waals surface area contributed by atoms with Gasteiger partial charge in [0.15, 0.2) is 0 Å². The Morgan fingerprint density at radius 1 is 1.06 bits per heavy atom. The normalized spacial score (nSPS) is 16.7. The molecule has 7 heteroatoms. The number of amides is 1. The molecule has 1 aromatic heterocycles. The summed E-state index contributed by atoms with van der Waals surface area (Å²) < 4.78 is 22.3. The average Bonchev–Trinajstić information content (AvgIpc) is 3.39. The van der Waals surface area contributed by atoms with E-state index in [1.165, 1.54) is 11.0 Å². The van der Waals surface area contributed by atoms with Crippen molar-refractivity contribution >= 4 is 22.6 Å². The lowest BCUT2D eigenvalue weighted by molar-refractivity contribution is -0.117. The first-order chi connectivity index (χ1) is 16.9. The van der Waals surface area contributed by atoms with Crippen LogP contribution in [0.5, 0.6) is 5.75 Å². The Balaban J connectivity index is 1.40. The van der Waals surface area contributed by atoms with Crippen molar-refractivity contribution in [3.8, 4) is 5.75 Å². The second-order valence-corrected chi connectivity index (χ2v) is 9.11. The van der Waals surface area contributed by atoms with Crippen molar-refractivity contribution in [3.05, 3.63) is 89.5 Å². The van der Waals surface area contributed by atoms with Crippen LogP contribution in [0.25, 0.3) is 11.0 Å². The summed E-state index contributed by atoms with van der Waals surface area (Å²) in [5.74, 6) is 0.710. The monoisotopic (exact) mass is 473 g/mol. The Hall–Kier alpha value is -3.71. The van der Waals surface area contributed by atoms with Crippen molar-refractivity contribution in [1.82, 2.24) is 9.55 Å². The molecule has 0 unspecified atom stereocenters. The maximum atomic E-state index is 14.4. The van der Waals surface area contributed by atoms with Gasteiger partial charge in [0.05, 0.1) is 23.3 Å². The number of para-hydroxylation sites is 4. The van der Waals surface area contributed by atoms with E-state index in [0.29, 0.717) is 12.4 Å². The largest absolute Gasteiger partial charge is 0.490 e. The number of carbonyl (C=O) groups excluding carboxylic acids is 1. The Morgan fingerprint density at radius 3 is 2.54 bits per heavy atom. The summed E-state index contributed by atoms with van der Waals surface area (Å²) in [5, 5.41) is 10.9. The zero-order valence-corrected chi connectivity index (χ0v) is 19.8. The number of ether oxygens (including phenoxy) is 1. The number of aliphatic hydroxyl groups is 1. The predicted molar refractivity (Wildman–Crippen MR) is 133 cm³/mol. The van der Waals surface area contributed by atoms with Crippen molar-refractivity contribution in [2.75, 3.05) is 18.1 Å². The number of fused-ring (bicyclic) bond motifs is 1. The summed E-state index contributed by atoms with van der Waals surface area (Å²) in [6.07, 6.45) is -0.558. The van der Waals surface area contributed by atoms with E-state index in [2.05, 4.69) is 0 Å². The zero-order chi connectivity index (χ0) is 24.5. The Labute approximate surface area is 203 Å². The summed E-state index contributed by atoms with van der Waals surface area (Å²) in [6.45, 7) is 4.69. The number of aryl methyl sites for hydroxylation is 2. The highest BCUT2D eigenvalue weighted by Gasteiger charge is 2.36. The molecule has 3 aromatic carbocycles. The lowest BCUT2D eigenvalue weighted by Crippen LogP contribution is -2.27. The van der Waals surface area contributed by atoms with Gasteiger partial charge >= 0.3 is 0 Å². The lowest BCUT2D eigenvalue weighted by Gasteiger charge is -2.20. The molecule has 1 aliphatic heterocycles. The van der Waals surface area contributed by atoms with Gasteiger partial charge in [0, 0.05) is 18.9 Å². The minimum Gasteiger partial charge on any atom is -0.490 e. The molecule has 5 rings (SSSR count). The molecule has 0 spiro atoms. The highest BCUT2D eigenvalue weighted by molar-refractivity contribution is 5.96. The fourth-order valence-corrected chi connectivity index (χ4v) is 4.85. The number of hydrogen-bond acceptors (Lipinski definition) is 4. The van der Waals surface area contributed by atoms with Crippen LogP contribution >= 0.6 is 0 Å². The number of rotatable bonds is 7. The standard InChI is InChI=1S/C28H28FN3O3/c1-18-8-7-9-19(2)27(18)35-17-21(33)16-32-25-13-6-4-11-23(25)30-28(32)20-14-26(34)31(15-20)24-12-5-3-10-22(24)29/h3-13,20-21,33H,14-17H2,1-2H3/t20-,21-/m0/s1. The van der Waals surface area contributed by atoms with Gasteiger partial charge in [0.25, 0.3) is 0 Å². The number of imidazole rings is 1. The summed E-state index contributed by atoms with van der Waals surface area (Å²) in [7, 11) is 0. The van der Waals surface area contributed by atoms with E-state index in [-0.39, 0.29) is 37.1 Å². The zero-order valence-electron chi connectivity index (χ0n) is 19.8. The molecule has 180 valence electrons. The molecule has 1 N–H and O–H groups in total. The molecule has 2 atom stereocenters. The molecular formula is C28H28FN3O3. The Kier molecular flexibility index (Phi) is 6.26. The van der Waals surface area contributed by atoms with Crippen molar-refractivity contribution in [2.45, 2.75) is 38.8 Å². The van der Waals surface area contributed by atoms with E-state index in [1.54, 1.807) is 18.2 Å². The first-order valence-electron chi connectivity index (χ1n) is 11.8. The SMILES string of the molecule is Cc1cccc(C)c1OC[C@@H](O)Cn1c([C@H]2CC(=O)N(c3ccccc3F)C2)nc2ccccc21. The molecule has 1 aliphatic rings. The fourth-order valence-electron chi connectivity index (χ4n) is 4.85. The van der Waals surface area contributed by atoms with E-state index in [0.717, 1.165) is 27.9 Å². The molecule has 2 heterocycles. The number of aromatic nitrogens is 2. The van der Waals surface area contributed by atoms with Gasteiger partial charge in [-0.15, -0.1) is 0 Å². The van der Waals surface area contributed by atoms with Crippen LogP contribution in [0.15, 0.2) is 66.7 Å². The highest BCUT2D eigenvalue weighted by atomic mass is 19.1. The minimum atomic E-state index is -0.787. The number of anilines is 1. The number of nitrogens with zero attached hydrogens (tertiary/aromatic N) is 3. The highest BCUT2D eigenvalue weighted by Crippen LogP contribution is 2.34. The summed E-state index contributed by atoms with van der Waals surface area (Å²) in [6, 6.07) is 20.0. The molecule has 0 radical (unpaired) electrons. The maximum Gasteiger partial charge on any atom is 0.227 e. The van der Waals surface area contributed by atoms with Crippen LogP contribution in [-0.4, -0.2) is 39.8 Å². The molecule has 4 aromatic rings. The van der Waals surface area contributed by atoms with Crippen LogP contribution in [0, 0.1) is 19.7 Å². The van der Waals surface area contributed by atoms with Gasteiger partial charge in [-0.1, -0.05) is 42.5 Å². The third kappa shape index (κ3) is 4.51. The van der Waals surface area contributed by atoms with E-state index < -0.39 is 11.9 Å². The van der Waals surface area contributed by atoms with Crippen LogP contribution in [-0.2, 0) is 11.3 Å². The van der Waals surface area contributed by atoms with Gasteiger partial charge in [0.2, 0.25) is 5.91 Å². The smallest absolute Gasteiger partial charge is 0.227 e. The summed E-state index contributed by atoms with van der Waals surface area (Å²) in [5.41, 5.74) is 3.99. The molecule has 1 amide bonds. The van der Waals surface area contributed by atoms with E-state index in [4.69, 9.17) is 9.72 Å². The first kappa shape index (κ1) is 23.1. The number of hydrogen-bond donors (Lipinski definition) is 1. The van der Waals surface area contributed by atoms with Gasteiger partial charge in [-0.3, -0.25) is 4.79 Å². The van der Waals surface area contributed by atoms with Gasteiger partial charge in [-0.05, 0) is 49.2 Å². The van der Waals surface area contributed by atoms with Gasteiger partial charge in [-0.25, -0.2) is 9.37 Å². The third-order valence-electron chi connectivity index (χ3n) is 6.54. The molecule has 6 nitrogen and oxygen atoms in total. The molecule has 0 saturated carbocycles. The third-order valence-corrected chi connectivity index (χ3v) is 6.54. The number of benzene rings is 3. The minimum absolute atomic E-state index is 0.128. The molecule has 0 aliphatic carbocycles. The Bertz CT molecular complexity index is 1360. The van der Waals surface area contributed by atoms with Crippen molar-refractivity contribution in [2.24, 2.45) is 0 Å². The molecule has 0 bridgehead atoms. The maximum absolute atomic E-state index is 14.4. The van der Waals surface area contributed by atoms with E-state index >= 15 is 0 Å². The van der Waals surface area contributed by atoms with Crippen LogP contribution in [0.1, 0.15) is 29.3 Å². The summed E-state index contributed by atoms with van der Waals surface area (Å²) in [4.78, 5) is 19.1. The fraction of sp³-hybridized carbons (Fsp3) is 0.286. The Morgan fingerprint density at radius 2 is 1.77 bits per heavy atom. The van der Waals surface area contributed by atoms with Crippen molar-refractivity contribution < 1.29 is 19.0 Å². The van der Waals surface area contributed by atoms with Crippen molar-refractivity contribution in [3.63, 3.8) is 0 Å². The number of carbonyl (C=O) groups is 1. The first-order valence-corrected chi connectivity index (χ1v) is 11.8.